The summed E-state index contributed by atoms with van der Waals surface area (Å²) in [4.78, 5) is 0. The topological polar surface area (TPSA) is 0 Å². The molecule has 0 heterocycles. The van der Waals surface area contributed by atoms with E-state index in [2.05, 4.69) is 55.5 Å². The molecule has 0 bridgehead atoms. The van der Waals surface area contributed by atoms with Crippen molar-refractivity contribution in [1.82, 2.24) is 0 Å². The minimum Gasteiger partial charge on any atom is -0.205 e. The molecule has 25 heavy (non-hydrogen) atoms. The zero-order valence-corrected chi connectivity index (χ0v) is 14.9. The maximum absolute atomic E-state index is 13.5. The molecule has 0 amide bonds. The van der Waals surface area contributed by atoms with E-state index in [4.69, 9.17) is 11.6 Å². The van der Waals surface area contributed by atoms with E-state index >= 15 is 0 Å². The molecule has 0 spiro atoms. The summed E-state index contributed by atoms with van der Waals surface area (Å²) >= 11 is 5.70. The fourth-order valence-corrected chi connectivity index (χ4v) is 2.94. The standard InChI is InChI=1S/C23H20ClF/c1-17(21-5-3-2-4-6-21)15-19-10-7-18(8-11-19)9-12-20-13-14-22(24)23(25)16-20/h2-14,16-17H,15H2,1H3/t17-/m1/s1. The third-order valence-electron chi connectivity index (χ3n) is 4.30. The Morgan fingerprint density at radius 1 is 0.880 bits per heavy atom. The van der Waals surface area contributed by atoms with Crippen LogP contribution in [-0.2, 0) is 6.42 Å². The van der Waals surface area contributed by atoms with E-state index in [0.717, 1.165) is 17.5 Å². The average molecular weight is 351 g/mol. The monoisotopic (exact) mass is 350 g/mol. The van der Waals surface area contributed by atoms with Gasteiger partial charge in [0.15, 0.2) is 0 Å². The Labute approximate surface area is 153 Å². The number of halogens is 2. The van der Waals surface area contributed by atoms with Gasteiger partial charge >= 0.3 is 0 Å². The molecule has 0 fully saturated rings. The van der Waals surface area contributed by atoms with Crippen molar-refractivity contribution in [3.8, 4) is 0 Å². The molecule has 0 aromatic heterocycles. The van der Waals surface area contributed by atoms with Crippen molar-refractivity contribution in [3.63, 3.8) is 0 Å². The van der Waals surface area contributed by atoms with Crippen LogP contribution in [0.15, 0.2) is 72.8 Å². The fourth-order valence-electron chi connectivity index (χ4n) is 2.83. The van der Waals surface area contributed by atoms with Crippen LogP contribution in [0, 0.1) is 5.82 Å². The molecule has 3 aromatic carbocycles. The number of hydrogen-bond donors (Lipinski definition) is 0. The second-order valence-electron chi connectivity index (χ2n) is 6.26. The van der Waals surface area contributed by atoms with Crippen molar-refractivity contribution >= 4 is 23.8 Å². The van der Waals surface area contributed by atoms with Crippen molar-refractivity contribution < 1.29 is 4.39 Å². The highest BCUT2D eigenvalue weighted by Crippen LogP contribution is 2.21. The molecular weight excluding hydrogens is 331 g/mol. The highest BCUT2D eigenvalue weighted by atomic mass is 35.5. The van der Waals surface area contributed by atoms with Crippen LogP contribution < -0.4 is 0 Å². The Balaban J connectivity index is 1.65. The van der Waals surface area contributed by atoms with Gasteiger partial charge in [-0.05, 0) is 46.7 Å². The molecule has 0 saturated heterocycles. The van der Waals surface area contributed by atoms with E-state index in [0.29, 0.717) is 5.92 Å². The van der Waals surface area contributed by atoms with Crippen LogP contribution >= 0.6 is 11.6 Å². The summed E-state index contributed by atoms with van der Waals surface area (Å²) < 4.78 is 13.5. The molecular formula is C23H20ClF. The van der Waals surface area contributed by atoms with Gasteiger partial charge in [-0.25, -0.2) is 4.39 Å². The maximum atomic E-state index is 13.5. The summed E-state index contributed by atoms with van der Waals surface area (Å²) in [5, 5.41) is 0.147. The predicted octanol–water partition coefficient (Wildman–Crippen LogP) is 7.00. The number of hydrogen-bond acceptors (Lipinski definition) is 0. The fraction of sp³-hybridized carbons (Fsp3) is 0.130. The summed E-state index contributed by atoms with van der Waals surface area (Å²) in [5.41, 5.74) is 4.55. The molecule has 3 rings (SSSR count). The minimum absolute atomic E-state index is 0.147. The Morgan fingerprint density at radius 3 is 2.20 bits per heavy atom. The van der Waals surface area contributed by atoms with Crippen LogP contribution in [0.1, 0.15) is 35.1 Å². The lowest BCUT2D eigenvalue weighted by Gasteiger charge is -2.12. The van der Waals surface area contributed by atoms with Gasteiger partial charge in [0.2, 0.25) is 0 Å². The molecule has 0 aliphatic rings. The van der Waals surface area contributed by atoms with Gasteiger partial charge in [0.25, 0.3) is 0 Å². The van der Waals surface area contributed by atoms with Crippen molar-refractivity contribution in [2.45, 2.75) is 19.3 Å². The minimum atomic E-state index is -0.394. The van der Waals surface area contributed by atoms with Gasteiger partial charge in [-0.15, -0.1) is 0 Å². The summed E-state index contributed by atoms with van der Waals surface area (Å²) in [6.45, 7) is 2.25. The number of rotatable bonds is 5. The smallest absolute Gasteiger partial charge is 0.142 e. The van der Waals surface area contributed by atoms with Crippen LogP contribution in [-0.4, -0.2) is 0 Å². The van der Waals surface area contributed by atoms with Crippen molar-refractivity contribution in [2.24, 2.45) is 0 Å². The predicted molar refractivity (Wildman–Crippen MR) is 105 cm³/mol. The number of benzene rings is 3. The molecule has 0 aliphatic carbocycles. The first-order chi connectivity index (χ1) is 12.1. The first kappa shape index (κ1) is 17.4. The third kappa shape index (κ3) is 4.80. The molecule has 0 saturated carbocycles. The van der Waals surface area contributed by atoms with E-state index in [1.807, 2.05) is 18.2 Å². The van der Waals surface area contributed by atoms with Gasteiger partial charge in [0.05, 0.1) is 5.02 Å². The molecule has 2 heteroatoms. The molecule has 0 nitrogen and oxygen atoms in total. The second-order valence-corrected chi connectivity index (χ2v) is 6.67. The molecule has 0 unspecified atom stereocenters. The van der Waals surface area contributed by atoms with Gasteiger partial charge < -0.3 is 0 Å². The van der Waals surface area contributed by atoms with Crippen molar-refractivity contribution in [3.05, 3.63) is 106 Å². The van der Waals surface area contributed by atoms with E-state index in [-0.39, 0.29) is 5.02 Å². The lowest BCUT2D eigenvalue weighted by Crippen LogP contribution is -1.98. The molecule has 0 N–H and O–H groups in total. The van der Waals surface area contributed by atoms with E-state index in [1.54, 1.807) is 12.1 Å². The van der Waals surface area contributed by atoms with Crippen LogP contribution in [0.5, 0.6) is 0 Å². The first-order valence-corrected chi connectivity index (χ1v) is 8.76. The second kappa shape index (κ2) is 8.13. The van der Waals surface area contributed by atoms with Crippen LogP contribution in [0.2, 0.25) is 5.02 Å². The quantitative estimate of drug-likeness (QED) is 0.435. The van der Waals surface area contributed by atoms with E-state index < -0.39 is 5.82 Å². The zero-order chi connectivity index (χ0) is 17.6. The Hall–Kier alpha value is -2.38. The van der Waals surface area contributed by atoms with E-state index in [1.165, 1.54) is 17.2 Å². The van der Waals surface area contributed by atoms with Crippen LogP contribution in [0.4, 0.5) is 4.39 Å². The summed E-state index contributed by atoms with van der Waals surface area (Å²) in [7, 11) is 0. The van der Waals surface area contributed by atoms with Gasteiger partial charge in [-0.2, -0.15) is 0 Å². The SMILES string of the molecule is C[C@H](Cc1ccc(C=Cc2ccc(Cl)c(F)c2)cc1)c1ccccc1. The first-order valence-electron chi connectivity index (χ1n) is 8.39. The highest BCUT2D eigenvalue weighted by Gasteiger charge is 2.06. The van der Waals surface area contributed by atoms with Crippen LogP contribution in [0.25, 0.3) is 12.2 Å². The summed E-state index contributed by atoms with van der Waals surface area (Å²) in [5.74, 6) is 0.0914. The lowest BCUT2D eigenvalue weighted by atomic mass is 9.93. The zero-order valence-electron chi connectivity index (χ0n) is 14.1. The van der Waals surface area contributed by atoms with Gasteiger partial charge in [-0.1, -0.05) is 91.3 Å². The van der Waals surface area contributed by atoms with Crippen LogP contribution in [0.3, 0.4) is 0 Å². The van der Waals surface area contributed by atoms with Crippen molar-refractivity contribution in [1.29, 1.82) is 0 Å². The Bertz CT molecular complexity index is 851. The molecule has 0 radical (unpaired) electrons. The highest BCUT2D eigenvalue weighted by molar-refractivity contribution is 6.30. The molecule has 0 aliphatic heterocycles. The maximum Gasteiger partial charge on any atom is 0.142 e. The van der Waals surface area contributed by atoms with Gasteiger partial charge in [-0.3, -0.25) is 0 Å². The average Bonchev–Trinajstić information content (AvgIpc) is 2.64. The lowest BCUT2D eigenvalue weighted by molar-refractivity contribution is 0.628. The summed E-state index contributed by atoms with van der Waals surface area (Å²) in [6, 6.07) is 23.9. The summed E-state index contributed by atoms with van der Waals surface area (Å²) in [6.07, 6.45) is 4.88. The van der Waals surface area contributed by atoms with Crippen molar-refractivity contribution in [2.75, 3.05) is 0 Å². The Morgan fingerprint density at radius 2 is 1.52 bits per heavy atom. The van der Waals surface area contributed by atoms with Gasteiger partial charge in [0.1, 0.15) is 5.82 Å². The van der Waals surface area contributed by atoms with E-state index in [9.17, 15) is 4.39 Å². The molecule has 126 valence electrons. The van der Waals surface area contributed by atoms with Gasteiger partial charge in [0, 0.05) is 0 Å². The molecule has 3 aromatic rings. The normalized spacial score (nSPS) is 12.4. The Kier molecular flexibility index (Phi) is 5.67. The third-order valence-corrected chi connectivity index (χ3v) is 4.61. The largest absolute Gasteiger partial charge is 0.205 e. The molecule has 1 atom stereocenters.